The summed E-state index contributed by atoms with van der Waals surface area (Å²) >= 11 is 7.30. The minimum atomic E-state index is -0.759. The number of hydrogen-bond donors (Lipinski definition) is 2. The highest BCUT2D eigenvalue weighted by Gasteiger charge is 2.44. The molecule has 2 aromatic rings. The maximum absolute atomic E-state index is 14.7. The Morgan fingerprint density at radius 2 is 2.05 bits per heavy atom. The minimum absolute atomic E-state index is 0.151. The van der Waals surface area contributed by atoms with Gasteiger partial charge in [-0.15, -0.1) is 11.3 Å². The van der Waals surface area contributed by atoms with Crippen LogP contribution in [0.1, 0.15) is 48.4 Å². The third-order valence-corrected chi connectivity index (χ3v) is 10.2. The maximum atomic E-state index is 14.7. The molecule has 2 N–H and O–H groups in total. The van der Waals surface area contributed by atoms with E-state index < -0.39 is 18.0 Å². The van der Waals surface area contributed by atoms with Crippen LogP contribution in [0, 0.1) is 18.7 Å². The molecular formula is C30H35FN6O4S2. The van der Waals surface area contributed by atoms with Crippen molar-refractivity contribution in [2.45, 2.75) is 51.2 Å². The van der Waals surface area contributed by atoms with Gasteiger partial charge in [0.15, 0.2) is 16.0 Å². The number of ether oxygens (including phenoxy) is 1. The Hall–Kier alpha value is -3.42. The molecule has 2 saturated heterocycles. The highest BCUT2D eigenvalue weighted by molar-refractivity contribution is 7.80. The number of aliphatic imine (C=N–C) groups is 1. The number of aromatic nitrogens is 1. The van der Waals surface area contributed by atoms with Crippen molar-refractivity contribution in [3.63, 3.8) is 0 Å². The lowest BCUT2D eigenvalue weighted by atomic mass is 9.92. The Morgan fingerprint density at radius 3 is 2.77 bits per heavy atom. The highest BCUT2D eigenvalue weighted by atomic mass is 32.1. The molecule has 1 aliphatic carbocycles. The van der Waals surface area contributed by atoms with Crippen LogP contribution in [-0.2, 0) is 14.3 Å². The van der Waals surface area contributed by atoms with Crippen molar-refractivity contribution in [2.75, 3.05) is 39.3 Å². The van der Waals surface area contributed by atoms with Crippen molar-refractivity contribution in [1.82, 2.24) is 25.0 Å². The molecule has 13 heteroatoms. The van der Waals surface area contributed by atoms with E-state index in [1.165, 1.54) is 17.4 Å². The average molecular weight is 627 g/mol. The first-order valence-electron chi connectivity index (χ1n) is 14.7. The Morgan fingerprint density at radius 1 is 1.21 bits per heavy atom. The van der Waals surface area contributed by atoms with E-state index >= 15 is 0 Å². The molecule has 1 aromatic carbocycles. The number of piperazine rings is 1. The van der Waals surface area contributed by atoms with Gasteiger partial charge >= 0.3 is 11.9 Å². The van der Waals surface area contributed by atoms with Crippen molar-refractivity contribution in [3.8, 4) is 0 Å². The SMILES string of the molecule is CCOC(=O)C1=C(CN2CCN3C(=S)N(C4CC[C@@H](C(=O)O)C4)C[C@@H]3C2)NC(c2nccs2)=N[C@H]1c1cccc(F)c1C. The maximum Gasteiger partial charge on any atom is 0.338 e. The molecule has 3 fully saturated rings. The number of fused-ring (bicyclic) bond motifs is 1. The number of carboxylic acid groups (broad SMARTS) is 1. The molecule has 0 bridgehead atoms. The van der Waals surface area contributed by atoms with E-state index in [0.29, 0.717) is 52.6 Å². The summed E-state index contributed by atoms with van der Waals surface area (Å²) in [6.45, 7) is 7.03. The van der Waals surface area contributed by atoms with Gasteiger partial charge < -0.3 is 25.0 Å². The minimum Gasteiger partial charge on any atom is -0.481 e. The van der Waals surface area contributed by atoms with Gasteiger partial charge in [0, 0.05) is 56.0 Å². The first kappa shape index (κ1) is 29.6. The number of carbonyl (C=O) groups excluding carboxylic acids is 1. The van der Waals surface area contributed by atoms with Crippen LogP contribution in [0.4, 0.5) is 4.39 Å². The lowest BCUT2D eigenvalue weighted by Crippen LogP contribution is -2.53. The fourth-order valence-corrected chi connectivity index (χ4v) is 7.75. The van der Waals surface area contributed by atoms with Gasteiger partial charge in [0.2, 0.25) is 0 Å². The van der Waals surface area contributed by atoms with E-state index in [9.17, 15) is 19.1 Å². The zero-order valence-corrected chi connectivity index (χ0v) is 25.8. The number of thiocarbonyl (C=S) groups is 1. The summed E-state index contributed by atoms with van der Waals surface area (Å²) < 4.78 is 20.3. The van der Waals surface area contributed by atoms with Crippen LogP contribution in [0.2, 0.25) is 0 Å². The van der Waals surface area contributed by atoms with Crippen LogP contribution in [0.15, 0.2) is 46.0 Å². The molecule has 0 amide bonds. The summed E-state index contributed by atoms with van der Waals surface area (Å²) in [5, 5.41) is 16.2. The summed E-state index contributed by atoms with van der Waals surface area (Å²) in [5.74, 6) is -1.35. The number of amidine groups is 1. The van der Waals surface area contributed by atoms with Gasteiger partial charge in [0.1, 0.15) is 11.9 Å². The van der Waals surface area contributed by atoms with Gasteiger partial charge in [-0.2, -0.15) is 0 Å². The van der Waals surface area contributed by atoms with Gasteiger partial charge in [0.25, 0.3) is 0 Å². The van der Waals surface area contributed by atoms with Crippen LogP contribution in [0.25, 0.3) is 0 Å². The van der Waals surface area contributed by atoms with E-state index in [4.69, 9.17) is 21.9 Å². The average Bonchev–Trinajstić information content (AvgIpc) is 3.75. The zero-order valence-electron chi connectivity index (χ0n) is 24.2. The number of aliphatic carboxylic acids is 1. The van der Waals surface area contributed by atoms with Gasteiger partial charge in [-0.3, -0.25) is 14.7 Å². The monoisotopic (exact) mass is 626 g/mol. The van der Waals surface area contributed by atoms with Gasteiger partial charge in [-0.1, -0.05) is 12.1 Å². The first-order valence-corrected chi connectivity index (χ1v) is 16.0. The van der Waals surface area contributed by atoms with Crippen molar-refractivity contribution in [2.24, 2.45) is 10.9 Å². The number of nitrogens with zero attached hydrogens (tertiary/aromatic N) is 5. The Kier molecular flexibility index (Phi) is 8.47. The van der Waals surface area contributed by atoms with Crippen molar-refractivity contribution >= 4 is 46.4 Å². The van der Waals surface area contributed by atoms with Gasteiger partial charge in [-0.25, -0.2) is 14.2 Å². The van der Waals surface area contributed by atoms with Crippen LogP contribution < -0.4 is 5.32 Å². The largest absolute Gasteiger partial charge is 0.481 e. The summed E-state index contributed by atoms with van der Waals surface area (Å²) in [6, 6.07) is 4.40. The van der Waals surface area contributed by atoms with E-state index in [-0.39, 0.29) is 30.4 Å². The smallest absolute Gasteiger partial charge is 0.338 e. The Labute approximate surface area is 259 Å². The number of thiazole rings is 1. The molecule has 228 valence electrons. The predicted molar refractivity (Wildman–Crippen MR) is 164 cm³/mol. The van der Waals surface area contributed by atoms with Crippen LogP contribution >= 0.6 is 23.6 Å². The molecule has 10 nitrogen and oxygen atoms in total. The topological polar surface area (TPSA) is 111 Å². The summed E-state index contributed by atoms with van der Waals surface area (Å²) in [5.41, 5.74) is 2.07. The van der Waals surface area contributed by atoms with Crippen LogP contribution in [0.3, 0.4) is 0 Å². The second kappa shape index (κ2) is 12.3. The number of carbonyl (C=O) groups is 2. The Balaban J connectivity index is 1.28. The fraction of sp³-hybridized carbons (Fsp3) is 0.500. The van der Waals surface area contributed by atoms with Gasteiger partial charge in [-0.05, 0) is 62.5 Å². The molecule has 3 aliphatic heterocycles. The molecular weight excluding hydrogens is 592 g/mol. The van der Waals surface area contributed by atoms with Crippen LogP contribution in [0.5, 0.6) is 0 Å². The van der Waals surface area contributed by atoms with Gasteiger partial charge in [0.05, 0.1) is 24.1 Å². The number of carboxylic acids is 1. The first-order chi connectivity index (χ1) is 20.7. The third-order valence-electron chi connectivity index (χ3n) is 8.90. The second-order valence-electron chi connectivity index (χ2n) is 11.4. The molecule has 0 spiro atoms. The van der Waals surface area contributed by atoms with Crippen molar-refractivity contribution in [1.29, 1.82) is 0 Å². The second-order valence-corrected chi connectivity index (χ2v) is 12.7. The van der Waals surface area contributed by atoms with E-state index in [2.05, 4.69) is 25.0 Å². The van der Waals surface area contributed by atoms with Crippen LogP contribution in [-0.4, -0.2) is 99.1 Å². The third kappa shape index (κ3) is 5.77. The lowest BCUT2D eigenvalue weighted by Gasteiger charge is -2.39. The molecule has 4 heterocycles. The quantitative estimate of drug-likeness (QED) is 0.335. The molecule has 1 saturated carbocycles. The number of nitrogens with one attached hydrogen (secondary N) is 1. The van der Waals surface area contributed by atoms with Crippen molar-refractivity contribution in [3.05, 3.63) is 63.0 Å². The molecule has 4 aliphatic rings. The fourth-order valence-electron chi connectivity index (χ4n) is 6.70. The molecule has 6 rings (SSSR count). The number of rotatable bonds is 8. The number of esters is 1. The van der Waals surface area contributed by atoms with E-state index in [1.54, 1.807) is 32.2 Å². The van der Waals surface area contributed by atoms with Crippen molar-refractivity contribution < 1.29 is 23.8 Å². The van der Waals surface area contributed by atoms with E-state index in [1.807, 2.05) is 5.38 Å². The lowest BCUT2D eigenvalue weighted by molar-refractivity contribution is -0.141. The molecule has 4 atom stereocenters. The van der Waals surface area contributed by atoms with E-state index in [0.717, 1.165) is 37.7 Å². The summed E-state index contributed by atoms with van der Waals surface area (Å²) in [6.07, 6.45) is 3.84. The Bertz CT molecular complexity index is 1480. The molecule has 0 radical (unpaired) electrons. The zero-order chi connectivity index (χ0) is 30.2. The standard InChI is InChI=1S/C30H35FN6O4S2/c1-3-41-29(40)24-23(33-26(27-32-9-12-43-27)34-25(24)21-5-4-6-22(31)17(21)2)16-35-10-11-36-20(14-35)15-37(30(36)42)19-8-7-18(13-19)28(38)39/h4-6,9,12,18-20,25H,3,7-8,10-11,13-16H2,1-2H3,(H,33,34)(H,38,39)/t18-,19?,20+,25+/m1/s1. The predicted octanol–water partition coefficient (Wildman–Crippen LogP) is 3.34. The molecule has 43 heavy (non-hydrogen) atoms. The summed E-state index contributed by atoms with van der Waals surface area (Å²) in [7, 11) is 0. The summed E-state index contributed by atoms with van der Waals surface area (Å²) in [4.78, 5) is 41.2. The highest BCUT2D eigenvalue weighted by Crippen LogP contribution is 2.37. The number of benzene rings is 1. The number of hydrogen-bond acceptors (Lipinski definition) is 9. The molecule has 1 unspecified atom stereocenters. The molecule has 1 aromatic heterocycles. The normalized spacial score (nSPS) is 25.9. The number of halogens is 1.